The molecule has 2 aliphatic carbocycles. The lowest BCUT2D eigenvalue weighted by Gasteiger charge is -2.37. The van der Waals surface area contributed by atoms with Crippen molar-refractivity contribution in [3.8, 4) is 5.75 Å². The summed E-state index contributed by atoms with van der Waals surface area (Å²) in [6.45, 7) is 5.44. The molecule has 1 aromatic rings. The lowest BCUT2D eigenvalue weighted by Crippen LogP contribution is -2.30. The van der Waals surface area contributed by atoms with Gasteiger partial charge in [0.15, 0.2) is 0 Å². The number of hydrogen-bond acceptors (Lipinski definition) is 4. The second kappa shape index (κ2) is 13.0. The predicted octanol–water partition coefficient (Wildman–Crippen LogP) is 8.29. The molecule has 0 spiro atoms. The number of benzene rings is 1. The molecule has 37 heavy (non-hydrogen) atoms. The fourth-order valence-corrected chi connectivity index (χ4v) is 5.71. The van der Waals surface area contributed by atoms with Crippen LogP contribution in [0.2, 0.25) is 0 Å². The zero-order chi connectivity index (χ0) is 27.1. The molecule has 0 bridgehead atoms. The van der Waals surface area contributed by atoms with Crippen molar-refractivity contribution in [3.63, 3.8) is 0 Å². The van der Waals surface area contributed by atoms with E-state index in [2.05, 4.69) is 0 Å². The molecule has 0 unspecified atom stereocenters. The number of esters is 2. The molecule has 0 heterocycles. The van der Waals surface area contributed by atoms with Crippen LogP contribution in [0.5, 0.6) is 5.75 Å². The van der Waals surface area contributed by atoms with Gasteiger partial charge in [-0.1, -0.05) is 31.4 Å². The van der Waals surface area contributed by atoms with Crippen LogP contribution in [0.15, 0.2) is 30.3 Å². The molecule has 4 nitrogen and oxygen atoms in total. The second-order valence-electron chi connectivity index (χ2n) is 11.8. The Morgan fingerprint density at radius 3 is 2.00 bits per heavy atom. The van der Waals surface area contributed by atoms with Crippen LogP contribution in [0.4, 0.5) is 13.2 Å². The minimum absolute atomic E-state index is 0.0956. The summed E-state index contributed by atoms with van der Waals surface area (Å²) in [5.41, 5.74) is 0.265. The number of carbonyl (C=O) groups excluding carboxylic acids is 2. The number of carbonyl (C=O) groups is 2. The van der Waals surface area contributed by atoms with Gasteiger partial charge in [0.2, 0.25) is 0 Å². The molecule has 2 saturated carbocycles. The lowest BCUT2D eigenvalue weighted by atomic mass is 9.68. The van der Waals surface area contributed by atoms with Gasteiger partial charge in [-0.3, -0.25) is 4.79 Å². The van der Waals surface area contributed by atoms with Crippen LogP contribution in [0, 0.1) is 23.7 Å². The highest BCUT2D eigenvalue weighted by molar-refractivity contribution is 5.87. The maximum absolute atomic E-state index is 12.7. The summed E-state index contributed by atoms with van der Waals surface area (Å²) < 4.78 is 48.0. The number of hydrogen-bond donors (Lipinski definition) is 0. The summed E-state index contributed by atoms with van der Waals surface area (Å²) in [6.07, 6.45) is 7.22. The largest absolute Gasteiger partial charge is 0.457 e. The molecule has 0 aliphatic heterocycles. The number of rotatable bonds is 8. The van der Waals surface area contributed by atoms with Crippen LogP contribution >= 0.6 is 0 Å². The van der Waals surface area contributed by atoms with Crippen molar-refractivity contribution < 1.29 is 32.2 Å². The fraction of sp³-hybridized carbons (Fsp3) is 0.667. The third-order valence-electron chi connectivity index (χ3n) is 7.65. The van der Waals surface area contributed by atoms with Gasteiger partial charge in [-0.15, -0.1) is 0 Å². The summed E-state index contributed by atoms with van der Waals surface area (Å²) in [5.74, 6) is 1.47. The molecule has 2 aliphatic rings. The third-order valence-corrected chi connectivity index (χ3v) is 7.65. The van der Waals surface area contributed by atoms with Crippen LogP contribution in [0.1, 0.15) is 97.0 Å². The molecule has 0 atom stereocenters. The number of ether oxygens (including phenoxy) is 2. The zero-order valence-electron chi connectivity index (χ0n) is 22.3. The van der Waals surface area contributed by atoms with Gasteiger partial charge >= 0.3 is 18.1 Å². The second-order valence-corrected chi connectivity index (χ2v) is 11.8. The molecule has 0 aromatic heterocycles. The Labute approximate surface area is 219 Å². The van der Waals surface area contributed by atoms with E-state index in [-0.39, 0.29) is 18.3 Å². The van der Waals surface area contributed by atoms with Gasteiger partial charge in [0.1, 0.15) is 11.4 Å². The smallest absolute Gasteiger partial charge is 0.389 e. The summed E-state index contributed by atoms with van der Waals surface area (Å²) in [5, 5.41) is 0. The minimum atomic E-state index is -4.04. The van der Waals surface area contributed by atoms with Gasteiger partial charge in [0.25, 0.3) is 0 Å². The first kappa shape index (κ1) is 29.2. The predicted molar refractivity (Wildman–Crippen MR) is 138 cm³/mol. The summed E-state index contributed by atoms with van der Waals surface area (Å²) >= 11 is 0. The van der Waals surface area contributed by atoms with E-state index in [0.717, 1.165) is 56.9 Å². The molecule has 0 amide bonds. The van der Waals surface area contributed by atoms with Gasteiger partial charge in [-0.25, -0.2) is 4.79 Å². The van der Waals surface area contributed by atoms with Crippen LogP contribution in [-0.2, 0) is 14.3 Å². The molecule has 0 radical (unpaired) electrons. The average molecular weight is 523 g/mol. The van der Waals surface area contributed by atoms with Crippen LogP contribution in [-0.4, -0.2) is 23.7 Å². The highest BCUT2D eigenvalue weighted by Crippen LogP contribution is 2.42. The van der Waals surface area contributed by atoms with Crippen molar-refractivity contribution in [1.82, 2.24) is 0 Å². The summed E-state index contributed by atoms with van der Waals surface area (Å²) in [6, 6.07) is 7.04. The Morgan fingerprint density at radius 2 is 1.46 bits per heavy atom. The van der Waals surface area contributed by atoms with Gasteiger partial charge in [-0.05, 0) is 107 Å². The maximum Gasteiger partial charge on any atom is 0.389 e. The van der Waals surface area contributed by atoms with E-state index in [0.29, 0.717) is 29.9 Å². The van der Waals surface area contributed by atoms with Crippen molar-refractivity contribution in [1.29, 1.82) is 0 Å². The SMILES string of the molecule is CC(C)(C)OC(=O)/C=C/c1ccc(OC(=O)C2CCC(C3CCC(CCCC(F)(F)F)CC3)CC2)cc1. The topological polar surface area (TPSA) is 52.6 Å². The maximum atomic E-state index is 12.7. The summed E-state index contributed by atoms with van der Waals surface area (Å²) in [4.78, 5) is 24.5. The molecule has 2 fully saturated rings. The molecule has 0 saturated heterocycles. The van der Waals surface area contributed by atoms with E-state index >= 15 is 0 Å². The normalized spacial score (nSPS) is 25.1. The first-order chi connectivity index (χ1) is 17.4. The van der Waals surface area contributed by atoms with E-state index in [1.165, 1.54) is 6.08 Å². The van der Waals surface area contributed by atoms with Gasteiger partial charge in [0, 0.05) is 12.5 Å². The van der Waals surface area contributed by atoms with E-state index in [4.69, 9.17) is 9.47 Å². The monoisotopic (exact) mass is 522 g/mol. The number of halogens is 3. The fourth-order valence-electron chi connectivity index (χ4n) is 5.71. The van der Waals surface area contributed by atoms with Crippen molar-refractivity contribution in [2.24, 2.45) is 23.7 Å². The standard InChI is InChI=1S/C30H41F3O4/c1-29(2,3)37-27(34)19-10-22-8-17-26(18-9-22)36-28(35)25-15-13-24(14-16-25)23-11-6-21(7-12-23)5-4-20-30(31,32)33/h8-10,17-19,21,23-25H,4-7,11-16,20H2,1-3H3/b19-10+. The molecule has 7 heteroatoms. The van der Waals surface area contributed by atoms with E-state index in [1.807, 2.05) is 20.8 Å². The number of alkyl halides is 3. The van der Waals surface area contributed by atoms with E-state index in [1.54, 1.807) is 30.3 Å². The van der Waals surface area contributed by atoms with Gasteiger partial charge < -0.3 is 9.47 Å². The first-order valence-corrected chi connectivity index (χ1v) is 13.7. The molecule has 1 aromatic carbocycles. The van der Waals surface area contributed by atoms with Crippen molar-refractivity contribution in [3.05, 3.63) is 35.9 Å². The molecule has 206 valence electrons. The third kappa shape index (κ3) is 10.5. The minimum Gasteiger partial charge on any atom is -0.457 e. The van der Waals surface area contributed by atoms with Crippen LogP contribution < -0.4 is 4.74 Å². The van der Waals surface area contributed by atoms with Crippen molar-refractivity contribution >= 4 is 18.0 Å². The Balaban J connectivity index is 1.37. The molecule has 3 rings (SSSR count). The summed E-state index contributed by atoms with van der Waals surface area (Å²) in [7, 11) is 0. The Kier molecular flexibility index (Phi) is 10.3. The molecular formula is C30H41F3O4. The lowest BCUT2D eigenvalue weighted by molar-refractivity contribution is -0.148. The Bertz CT molecular complexity index is 898. The Morgan fingerprint density at radius 1 is 0.892 bits per heavy atom. The zero-order valence-corrected chi connectivity index (χ0v) is 22.3. The molecular weight excluding hydrogens is 481 g/mol. The van der Waals surface area contributed by atoms with Crippen LogP contribution in [0.3, 0.4) is 0 Å². The van der Waals surface area contributed by atoms with E-state index < -0.39 is 24.2 Å². The van der Waals surface area contributed by atoms with Gasteiger partial charge in [0.05, 0.1) is 5.92 Å². The Hall–Kier alpha value is -2.31. The molecule has 0 N–H and O–H groups in total. The van der Waals surface area contributed by atoms with E-state index in [9.17, 15) is 22.8 Å². The average Bonchev–Trinajstić information content (AvgIpc) is 2.82. The highest BCUT2D eigenvalue weighted by Gasteiger charge is 2.34. The first-order valence-electron chi connectivity index (χ1n) is 13.7. The van der Waals surface area contributed by atoms with Gasteiger partial charge in [-0.2, -0.15) is 13.2 Å². The van der Waals surface area contributed by atoms with Crippen LogP contribution in [0.25, 0.3) is 6.08 Å². The van der Waals surface area contributed by atoms with Crippen molar-refractivity contribution in [2.75, 3.05) is 0 Å². The highest BCUT2D eigenvalue weighted by atomic mass is 19.4. The quantitative estimate of drug-likeness (QED) is 0.196. The van der Waals surface area contributed by atoms with Crippen molar-refractivity contribution in [2.45, 2.75) is 103 Å².